The number of fused-ring (bicyclic) bond motifs is 3. The van der Waals surface area contributed by atoms with Crippen LogP contribution in [0.1, 0.15) is 48.7 Å². The van der Waals surface area contributed by atoms with Crippen molar-refractivity contribution in [1.29, 1.82) is 0 Å². The number of carbonyl (C=O) groups is 2. The highest BCUT2D eigenvalue weighted by atomic mass is 19.1. The van der Waals surface area contributed by atoms with Gasteiger partial charge in [-0.2, -0.15) is 0 Å². The Morgan fingerprint density at radius 3 is 2.68 bits per heavy atom. The van der Waals surface area contributed by atoms with E-state index in [4.69, 9.17) is 0 Å². The molecule has 160 valence electrons. The molecular formula is C25H26FN3O2. The van der Waals surface area contributed by atoms with Crippen LogP contribution < -0.4 is 5.32 Å². The molecule has 2 heterocycles. The minimum atomic E-state index is -1.08. The van der Waals surface area contributed by atoms with Crippen LogP contribution in [0.2, 0.25) is 0 Å². The van der Waals surface area contributed by atoms with Crippen molar-refractivity contribution in [2.75, 3.05) is 0 Å². The smallest absolute Gasteiger partial charge is 0.271 e. The van der Waals surface area contributed by atoms with Crippen LogP contribution in [-0.2, 0) is 17.9 Å². The first-order chi connectivity index (χ1) is 15.0. The monoisotopic (exact) mass is 419 g/mol. The molecule has 2 amide bonds. The number of hydrogen-bond acceptors (Lipinski definition) is 2. The average Bonchev–Trinajstić information content (AvgIpc) is 3.39. The highest BCUT2D eigenvalue weighted by Crippen LogP contribution is 2.34. The molecule has 5 nitrogen and oxygen atoms in total. The first kappa shape index (κ1) is 19.8. The van der Waals surface area contributed by atoms with E-state index in [-0.39, 0.29) is 30.2 Å². The summed E-state index contributed by atoms with van der Waals surface area (Å²) in [6, 6.07) is 16.1. The van der Waals surface area contributed by atoms with E-state index in [9.17, 15) is 14.0 Å². The van der Waals surface area contributed by atoms with Gasteiger partial charge < -0.3 is 14.8 Å². The minimum absolute atomic E-state index is 0.146. The zero-order valence-corrected chi connectivity index (χ0v) is 17.6. The fourth-order valence-corrected chi connectivity index (χ4v) is 4.98. The zero-order valence-electron chi connectivity index (χ0n) is 17.6. The Kier molecular flexibility index (Phi) is 4.80. The summed E-state index contributed by atoms with van der Waals surface area (Å²) >= 11 is 0. The van der Waals surface area contributed by atoms with E-state index < -0.39 is 5.54 Å². The average molecular weight is 420 g/mol. The molecule has 1 saturated carbocycles. The molecule has 1 atom stereocenters. The summed E-state index contributed by atoms with van der Waals surface area (Å²) < 4.78 is 15.8. The van der Waals surface area contributed by atoms with Crippen molar-refractivity contribution in [2.45, 2.75) is 57.3 Å². The molecule has 2 aromatic carbocycles. The van der Waals surface area contributed by atoms with Crippen LogP contribution in [0.4, 0.5) is 4.39 Å². The van der Waals surface area contributed by atoms with Gasteiger partial charge in [-0.05, 0) is 49.6 Å². The van der Waals surface area contributed by atoms with Gasteiger partial charge in [0.1, 0.15) is 17.1 Å². The van der Waals surface area contributed by atoms with Crippen LogP contribution in [-0.4, -0.2) is 32.9 Å². The number of amides is 2. The van der Waals surface area contributed by atoms with Crippen molar-refractivity contribution in [1.82, 2.24) is 14.8 Å². The molecule has 0 bridgehead atoms. The second kappa shape index (κ2) is 7.52. The maximum Gasteiger partial charge on any atom is 0.271 e. The summed E-state index contributed by atoms with van der Waals surface area (Å²) in [5.41, 5.74) is 1.08. The van der Waals surface area contributed by atoms with Crippen molar-refractivity contribution in [3.8, 4) is 0 Å². The summed E-state index contributed by atoms with van der Waals surface area (Å²) in [6.45, 7) is 2.36. The van der Waals surface area contributed by atoms with Crippen molar-refractivity contribution >= 4 is 22.7 Å². The van der Waals surface area contributed by atoms with Crippen molar-refractivity contribution in [3.63, 3.8) is 0 Å². The Bertz CT molecular complexity index is 1160. The van der Waals surface area contributed by atoms with Gasteiger partial charge in [0.05, 0.1) is 6.54 Å². The lowest BCUT2D eigenvalue weighted by Gasteiger charge is -2.44. The summed E-state index contributed by atoms with van der Waals surface area (Å²) in [5, 5.41) is 4.16. The fraction of sp³-hybridized carbons (Fsp3) is 0.360. The SMILES string of the molecule is CC1(C(=O)NC2CCCC2)Cn2c(cc3ccccc32)C(=O)N1Cc1cccc(F)c1. The molecule has 1 fully saturated rings. The van der Waals surface area contributed by atoms with Gasteiger partial charge in [-0.15, -0.1) is 0 Å². The molecule has 5 rings (SSSR count). The Balaban J connectivity index is 1.57. The van der Waals surface area contributed by atoms with Gasteiger partial charge in [0.25, 0.3) is 5.91 Å². The van der Waals surface area contributed by atoms with Crippen LogP contribution in [0.25, 0.3) is 10.9 Å². The molecule has 1 unspecified atom stereocenters. The van der Waals surface area contributed by atoms with Gasteiger partial charge >= 0.3 is 0 Å². The van der Waals surface area contributed by atoms with Crippen LogP contribution in [0, 0.1) is 5.82 Å². The van der Waals surface area contributed by atoms with E-state index in [1.54, 1.807) is 17.0 Å². The van der Waals surface area contributed by atoms with Crippen LogP contribution >= 0.6 is 0 Å². The minimum Gasteiger partial charge on any atom is -0.351 e. The van der Waals surface area contributed by atoms with Crippen LogP contribution in [0.5, 0.6) is 0 Å². The van der Waals surface area contributed by atoms with E-state index in [0.717, 1.165) is 36.6 Å². The van der Waals surface area contributed by atoms with Crippen molar-refractivity contribution in [3.05, 3.63) is 71.7 Å². The molecule has 31 heavy (non-hydrogen) atoms. The molecule has 0 spiro atoms. The zero-order chi connectivity index (χ0) is 21.6. The first-order valence-electron chi connectivity index (χ1n) is 10.9. The molecular weight excluding hydrogens is 393 g/mol. The predicted molar refractivity (Wildman–Crippen MR) is 117 cm³/mol. The highest BCUT2D eigenvalue weighted by Gasteiger charge is 2.48. The second-order valence-corrected chi connectivity index (χ2v) is 8.92. The Labute approximate surface area is 180 Å². The lowest BCUT2D eigenvalue weighted by atomic mass is 9.93. The van der Waals surface area contributed by atoms with E-state index in [1.165, 1.54) is 12.1 Å². The lowest BCUT2D eigenvalue weighted by molar-refractivity contribution is -0.133. The molecule has 3 aromatic rings. The molecule has 1 N–H and O–H groups in total. The summed E-state index contributed by atoms with van der Waals surface area (Å²) in [5.74, 6) is -0.712. The van der Waals surface area contributed by atoms with Crippen molar-refractivity contribution < 1.29 is 14.0 Å². The summed E-state index contributed by atoms with van der Waals surface area (Å²) in [6.07, 6.45) is 4.16. The quantitative estimate of drug-likeness (QED) is 0.687. The normalized spacial score (nSPS) is 21.5. The number of benzene rings is 2. The number of aromatic nitrogens is 1. The number of rotatable bonds is 4. The molecule has 0 radical (unpaired) electrons. The third kappa shape index (κ3) is 3.40. The number of nitrogens with zero attached hydrogens (tertiary/aromatic N) is 2. The van der Waals surface area contributed by atoms with Gasteiger partial charge in [0.15, 0.2) is 0 Å². The van der Waals surface area contributed by atoms with Gasteiger partial charge in [-0.25, -0.2) is 4.39 Å². The van der Waals surface area contributed by atoms with E-state index in [1.807, 2.05) is 41.8 Å². The van der Waals surface area contributed by atoms with Gasteiger partial charge in [-0.1, -0.05) is 43.2 Å². The topological polar surface area (TPSA) is 54.3 Å². The highest BCUT2D eigenvalue weighted by molar-refractivity contribution is 6.03. The molecule has 1 aliphatic heterocycles. The molecule has 6 heteroatoms. The van der Waals surface area contributed by atoms with Gasteiger partial charge in [-0.3, -0.25) is 9.59 Å². The number of carbonyl (C=O) groups excluding carboxylic acids is 2. The maximum atomic E-state index is 13.8. The van der Waals surface area contributed by atoms with Gasteiger partial charge in [0, 0.05) is 23.5 Å². The maximum absolute atomic E-state index is 13.8. The number of para-hydroxylation sites is 1. The van der Waals surface area contributed by atoms with E-state index in [0.29, 0.717) is 17.8 Å². The van der Waals surface area contributed by atoms with Crippen molar-refractivity contribution in [2.24, 2.45) is 0 Å². The standard InChI is InChI=1S/C25H26FN3O2/c1-25(24(31)27-20-10-3-4-11-20)16-28-21-12-5-2-8-18(21)14-22(28)23(30)29(25)15-17-7-6-9-19(26)13-17/h2,5-9,12-14,20H,3-4,10-11,15-16H2,1H3,(H,27,31). The second-order valence-electron chi connectivity index (χ2n) is 8.92. The third-order valence-electron chi connectivity index (χ3n) is 6.75. The predicted octanol–water partition coefficient (Wildman–Crippen LogP) is 4.25. The number of halogens is 1. The van der Waals surface area contributed by atoms with Crippen LogP contribution in [0.3, 0.4) is 0 Å². The van der Waals surface area contributed by atoms with Gasteiger partial charge in [0.2, 0.25) is 5.91 Å². The summed E-state index contributed by atoms with van der Waals surface area (Å²) in [7, 11) is 0. The van der Waals surface area contributed by atoms with E-state index in [2.05, 4.69) is 5.32 Å². The largest absolute Gasteiger partial charge is 0.351 e. The summed E-state index contributed by atoms with van der Waals surface area (Å²) in [4.78, 5) is 28.8. The Morgan fingerprint density at radius 2 is 1.90 bits per heavy atom. The number of nitrogens with one attached hydrogen (secondary N) is 1. The third-order valence-corrected chi connectivity index (χ3v) is 6.75. The first-order valence-corrected chi connectivity index (χ1v) is 10.9. The fourth-order valence-electron chi connectivity index (χ4n) is 4.98. The van der Waals surface area contributed by atoms with E-state index >= 15 is 0 Å². The molecule has 2 aliphatic rings. The lowest BCUT2D eigenvalue weighted by Crippen LogP contribution is -2.64. The van der Waals surface area contributed by atoms with Crippen LogP contribution in [0.15, 0.2) is 54.6 Å². The molecule has 1 aromatic heterocycles. The Hall–Kier alpha value is -3.15. The molecule has 0 saturated heterocycles. The number of hydrogen-bond donors (Lipinski definition) is 1. The Morgan fingerprint density at radius 1 is 1.13 bits per heavy atom. The molecule has 1 aliphatic carbocycles.